The van der Waals surface area contributed by atoms with Crippen molar-refractivity contribution in [2.24, 2.45) is 5.41 Å². The summed E-state index contributed by atoms with van der Waals surface area (Å²) in [7, 11) is 0. The Hall–Kier alpha value is -4.71. The molecule has 5 rings (SSSR count). The van der Waals surface area contributed by atoms with E-state index in [1.807, 2.05) is 20.8 Å². The zero-order valence-corrected chi connectivity index (χ0v) is 23.4. The van der Waals surface area contributed by atoms with Gasteiger partial charge in [-0.1, -0.05) is 38.1 Å². The summed E-state index contributed by atoms with van der Waals surface area (Å²) in [6, 6.07) is 11.1. The van der Waals surface area contributed by atoms with E-state index in [0.29, 0.717) is 34.4 Å². The van der Waals surface area contributed by atoms with Gasteiger partial charge in [0.25, 0.3) is 0 Å². The highest BCUT2D eigenvalue weighted by molar-refractivity contribution is 5.99. The van der Waals surface area contributed by atoms with Crippen LogP contribution in [0.3, 0.4) is 0 Å². The standard InChI is InChI=1S/C30H28F4N8/c1-17-21(6-5-7-23(17)31)27(24-15-42(41-40-24)29(8-9-29)30(32,33)34)39-20-10-18(12-35)25-22(11-20)26(19(13-36)14-37-25)38-16-28(2,3)4/h5-7,10-11,14-15,27,39H,8-9,16H2,1-4H3,(H,37,38). The van der Waals surface area contributed by atoms with Crippen molar-refractivity contribution in [3.63, 3.8) is 0 Å². The van der Waals surface area contributed by atoms with Crippen LogP contribution in [0.4, 0.5) is 28.9 Å². The largest absolute Gasteiger partial charge is 0.413 e. The lowest BCUT2D eigenvalue weighted by Gasteiger charge is -2.23. The van der Waals surface area contributed by atoms with E-state index < -0.39 is 23.6 Å². The van der Waals surface area contributed by atoms with Crippen LogP contribution < -0.4 is 10.6 Å². The number of benzene rings is 2. The summed E-state index contributed by atoms with van der Waals surface area (Å²) in [5.41, 5.74) is 0.410. The first-order chi connectivity index (χ1) is 19.8. The first-order valence-electron chi connectivity index (χ1n) is 13.3. The minimum Gasteiger partial charge on any atom is -0.383 e. The molecular formula is C30H28F4N8. The highest BCUT2D eigenvalue weighted by Crippen LogP contribution is 2.55. The number of nitriles is 2. The molecule has 1 unspecified atom stereocenters. The number of hydrogen-bond donors (Lipinski definition) is 2. The van der Waals surface area contributed by atoms with Crippen LogP contribution in [0, 0.1) is 40.8 Å². The average molecular weight is 577 g/mol. The molecule has 0 radical (unpaired) electrons. The highest BCUT2D eigenvalue weighted by atomic mass is 19.4. The second-order valence-electron chi connectivity index (χ2n) is 11.8. The van der Waals surface area contributed by atoms with Crippen molar-refractivity contribution in [3.05, 3.63) is 76.5 Å². The number of nitrogens with zero attached hydrogens (tertiary/aromatic N) is 6. The Bertz CT molecular complexity index is 1750. The lowest BCUT2D eigenvalue weighted by Crippen LogP contribution is -2.35. The predicted molar refractivity (Wildman–Crippen MR) is 149 cm³/mol. The van der Waals surface area contributed by atoms with Crippen molar-refractivity contribution >= 4 is 22.3 Å². The fourth-order valence-corrected chi connectivity index (χ4v) is 4.89. The van der Waals surface area contributed by atoms with Gasteiger partial charge < -0.3 is 10.6 Å². The van der Waals surface area contributed by atoms with Gasteiger partial charge in [-0.3, -0.25) is 4.98 Å². The lowest BCUT2D eigenvalue weighted by molar-refractivity contribution is -0.182. The van der Waals surface area contributed by atoms with E-state index in [4.69, 9.17) is 0 Å². The number of rotatable bonds is 7. The molecule has 0 saturated heterocycles. The van der Waals surface area contributed by atoms with Crippen LogP contribution in [0.2, 0.25) is 0 Å². The predicted octanol–water partition coefficient (Wildman–Crippen LogP) is 6.73. The molecule has 1 aliphatic rings. The molecule has 0 spiro atoms. The molecule has 2 heterocycles. The van der Waals surface area contributed by atoms with Crippen molar-refractivity contribution in [3.8, 4) is 12.1 Å². The van der Waals surface area contributed by atoms with Gasteiger partial charge in [-0.25, -0.2) is 9.07 Å². The molecule has 4 aromatic rings. The topological polar surface area (TPSA) is 115 Å². The smallest absolute Gasteiger partial charge is 0.383 e. The summed E-state index contributed by atoms with van der Waals surface area (Å²) in [6.07, 6.45) is -2.07. The molecule has 0 amide bonds. The maximum Gasteiger partial charge on any atom is 0.413 e. The summed E-state index contributed by atoms with van der Waals surface area (Å²) < 4.78 is 57.0. The fraction of sp³-hybridized carbons (Fsp3) is 0.367. The first kappa shape index (κ1) is 28.8. The molecule has 0 aliphatic heterocycles. The van der Waals surface area contributed by atoms with Gasteiger partial charge in [0.15, 0.2) is 5.54 Å². The number of alkyl halides is 3. The Labute approximate surface area is 240 Å². The number of pyridine rings is 1. The number of anilines is 2. The highest BCUT2D eigenvalue weighted by Gasteiger charge is 2.66. The Morgan fingerprint density at radius 3 is 2.43 bits per heavy atom. The van der Waals surface area contributed by atoms with Gasteiger partial charge in [-0.05, 0) is 54.5 Å². The second-order valence-corrected chi connectivity index (χ2v) is 11.8. The van der Waals surface area contributed by atoms with E-state index in [-0.39, 0.29) is 40.6 Å². The normalized spacial score (nSPS) is 15.1. The molecule has 2 aromatic heterocycles. The summed E-state index contributed by atoms with van der Waals surface area (Å²) in [5, 5.41) is 34.8. The van der Waals surface area contributed by atoms with Crippen LogP contribution in [-0.4, -0.2) is 32.7 Å². The van der Waals surface area contributed by atoms with E-state index >= 15 is 0 Å². The van der Waals surface area contributed by atoms with Crippen LogP contribution >= 0.6 is 0 Å². The summed E-state index contributed by atoms with van der Waals surface area (Å²) in [4.78, 5) is 4.36. The monoisotopic (exact) mass is 576 g/mol. The zero-order chi connectivity index (χ0) is 30.4. The Morgan fingerprint density at radius 2 is 1.81 bits per heavy atom. The quantitative estimate of drug-likeness (QED) is 0.235. The maximum absolute atomic E-state index is 14.7. The van der Waals surface area contributed by atoms with E-state index in [2.05, 4.69) is 38.1 Å². The third kappa shape index (κ3) is 5.20. The van der Waals surface area contributed by atoms with Crippen LogP contribution in [-0.2, 0) is 5.54 Å². The molecule has 0 bridgehead atoms. The van der Waals surface area contributed by atoms with Gasteiger partial charge in [0.2, 0.25) is 0 Å². The third-order valence-corrected chi connectivity index (χ3v) is 7.44. The molecule has 42 heavy (non-hydrogen) atoms. The Morgan fingerprint density at radius 1 is 1.10 bits per heavy atom. The van der Waals surface area contributed by atoms with Crippen molar-refractivity contribution in [2.45, 2.75) is 58.3 Å². The third-order valence-electron chi connectivity index (χ3n) is 7.44. The summed E-state index contributed by atoms with van der Waals surface area (Å²) in [5.74, 6) is -0.492. The maximum atomic E-state index is 14.7. The molecule has 216 valence electrons. The van der Waals surface area contributed by atoms with Crippen LogP contribution in [0.15, 0.2) is 42.7 Å². The van der Waals surface area contributed by atoms with Gasteiger partial charge in [0, 0.05) is 23.8 Å². The van der Waals surface area contributed by atoms with Gasteiger partial charge in [0.05, 0.1) is 34.6 Å². The molecule has 1 saturated carbocycles. The Kier molecular flexibility index (Phi) is 7.05. The number of aromatic nitrogens is 4. The molecule has 2 N–H and O–H groups in total. The first-order valence-corrected chi connectivity index (χ1v) is 13.3. The molecule has 1 atom stereocenters. The average Bonchev–Trinajstić information content (AvgIpc) is 3.62. The van der Waals surface area contributed by atoms with E-state index in [0.717, 1.165) is 4.68 Å². The van der Waals surface area contributed by atoms with Crippen LogP contribution in [0.25, 0.3) is 10.9 Å². The minimum absolute atomic E-state index is 0.106. The van der Waals surface area contributed by atoms with E-state index in [9.17, 15) is 28.1 Å². The van der Waals surface area contributed by atoms with Gasteiger partial charge >= 0.3 is 6.18 Å². The molecule has 1 fully saturated rings. The van der Waals surface area contributed by atoms with Crippen molar-refractivity contribution in [2.75, 3.05) is 17.2 Å². The van der Waals surface area contributed by atoms with Crippen molar-refractivity contribution < 1.29 is 17.6 Å². The molecule has 2 aromatic carbocycles. The lowest BCUT2D eigenvalue weighted by atomic mass is 9.96. The summed E-state index contributed by atoms with van der Waals surface area (Å²) >= 11 is 0. The Balaban J connectivity index is 1.65. The van der Waals surface area contributed by atoms with Crippen molar-refractivity contribution in [1.82, 2.24) is 20.0 Å². The van der Waals surface area contributed by atoms with Gasteiger partial charge in [-0.2, -0.15) is 23.7 Å². The van der Waals surface area contributed by atoms with E-state index in [1.54, 1.807) is 25.1 Å². The molecular weight excluding hydrogens is 548 g/mol. The number of halogens is 4. The minimum atomic E-state index is -4.50. The molecule has 1 aliphatic carbocycles. The SMILES string of the molecule is Cc1c(F)cccc1C(Nc1cc(C#N)c2ncc(C#N)c(NCC(C)(C)C)c2c1)c1cn(C2(C(F)(F)F)CC2)nn1. The van der Waals surface area contributed by atoms with Crippen LogP contribution in [0.5, 0.6) is 0 Å². The van der Waals surface area contributed by atoms with Crippen LogP contribution in [0.1, 0.15) is 67.6 Å². The van der Waals surface area contributed by atoms with E-state index in [1.165, 1.54) is 24.5 Å². The number of nitrogens with one attached hydrogen (secondary N) is 2. The summed E-state index contributed by atoms with van der Waals surface area (Å²) in [6.45, 7) is 8.20. The fourth-order valence-electron chi connectivity index (χ4n) is 4.89. The number of hydrogen-bond acceptors (Lipinski definition) is 7. The van der Waals surface area contributed by atoms with Crippen molar-refractivity contribution in [1.29, 1.82) is 10.5 Å². The molecule has 12 heteroatoms. The second kappa shape index (κ2) is 10.3. The zero-order valence-electron chi connectivity index (χ0n) is 23.4. The van der Waals surface area contributed by atoms with Gasteiger partial charge in [0.1, 0.15) is 23.6 Å². The number of fused-ring (bicyclic) bond motifs is 1. The molecule has 8 nitrogen and oxygen atoms in total. The van der Waals surface area contributed by atoms with Gasteiger partial charge in [-0.15, -0.1) is 5.10 Å².